The summed E-state index contributed by atoms with van der Waals surface area (Å²) in [6.45, 7) is 0.120. The topological polar surface area (TPSA) is 272 Å². The van der Waals surface area contributed by atoms with Gasteiger partial charge in [0.15, 0.2) is 31.2 Å². The van der Waals surface area contributed by atoms with E-state index in [1.54, 1.807) is 24.3 Å². The van der Waals surface area contributed by atoms with Crippen LogP contribution in [0.4, 0.5) is 0 Å². The van der Waals surface area contributed by atoms with Crippen LogP contribution in [-0.2, 0) is 88.1 Å². The maximum atomic E-state index is 15.5. The summed E-state index contributed by atoms with van der Waals surface area (Å²) in [5.74, 6) is -3.81. The molecule has 0 aromatic heterocycles. The zero-order valence-corrected chi connectivity index (χ0v) is 50.9. The minimum Gasteiger partial charge on any atom is -0.454 e. The second-order valence-electron chi connectivity index (χ2n) is 23.4. The van der Waals surface area contributed by atoms with E-state index in [1.807, 2.05) is 152 Å². The van der Waals surface area contributed by atoms with Gasteiger partial charge in [-0.25, -0.2) is 0 Å². The van der Waals surface area contributed by atoms with Crippen molar-refractivity contribution in [2.75, 3.05) is 19.8 Å². The Hall–Kier alpha value is -8.88. The monoisotopic (exact) mass is 1280 g/mol. The van der Waals surface area contributed by atoms with E-state index in [2.05, 4.69) is 10.0 Å². The molecule has 484 valence electrons. The van der Waals surface area contributed by atoms with Crippen LogP contribution < -0.4 is 0 Å². The average Bonchev–Trinajstić information content (AvgIpc) is 1.50. The average molecular weight is 1280 g/mol. The van der Waals surface area contributed by atoms with Gasteiger partial charge in [-0.3, -0.25) is 33.8 Å². The molecule has 16 atom stereocenters. The molecule has 0 unspecified atom stereocenters. The van der Waals surface area contributed by atoms with Gasteiger partial charge in [0.25, 0.3) is 23.6 Å². The lowest BCUT2D eigenvalue weighted by atomic mass is 9.92. The number of imide groups is 2. The zero-order chi connectivity index (χ0) is 64.7. The maximum Gasteiger partial charge on any atom is 0.303 e. The summed E-state index contributed by atoms with van der Waals surface area (Å²) in [7, 11) is 0. The molecule has 13 rings (SSSR count). The summed E-state index contributed by atoms with van der Waals surface area (Å²) in [5.41, 5.74) is 14.1. The Balaban J connectivity index is 0.954. The van der Waals surface area contributed by atoms with Crippen molar-refractivity contribution in [3.8, 4) is 0 Å². The third-order valence-corrected chi connectivity index (χ3v) is 17.3. The number of benzene rings is 7. The zero-order valence-electron chi connectivity index (χ0n) is 50.9. The van der Waals surface area contributed by atoms with Crippen LogP contribution in [0.2, 0.25) is 0 Å². The van der Waals surface area contributed by atoms with Gasteiger partial charge < -0.3 is 61.9 Å². The van der Waals surface area contributed by atoms with Crippen LogP contribution in [0, 0.1) is 0 Å². The fraction of sp³-hybridized carbons (Fsp3) is 0.338. The van der Waals surface area contributed by atoms with Crippen molar-refractivity contribution < 1.29 is 85.9 Å². The van der Waals surface area contributed by atoms with E-state index in [0.717, 1.165) is 20.9 Å². The summed E-state index contributed by atoms with van der Waals surface area (Å²) in [5, 5.41) is 16.5. The predicted octanol–water partition coefficient (Wildman–Crippen LogP) is 8.58. The molecule has 23 heteroatoms. The minimum atomic E-state index is -1.83. The third kappa shape index (κ3) is 13.6. The van der Waals surface area contributed by atoms with Gasteiger partial charge in [-0.2, -0.15) is 0 Å². The highest BCUT2D eigenvalue weighted by molar-refractivity contribution is 6.22. The van der Waals surface area contributed by atoms with Gasteiger partial charge in [-0.05, 0) is 52.1 Å². The van der Waals surface area contributed by atoms with Crippen LogP contribution in [-0.4, -0.2) is 156 Å². The normalized spacial score (nSPS) is 28.9. The number of aliphatic hydroxyl groups is 1. The lowest BCUT2D eigenvalue weighted by Crippen LogP contribution is -2.71. The summed E-state index contributed by atoms with van der Waals surface area (Å²) in [6.07, 6.45) is -20.2. The molecule has 0 radical (unpaired) electrons. The number of aliphatic hydroxyl groups excluding tert-OH is 1. The van der Waals surface area contributed by atoms with E-state index in [9.17, 15) is 25.0 Å². The van der Waals surface area contributed by atoms with Crippen molar-refractivity contribution in [2.45, 2.75) is 132 Å². The number of amides is 4. The SMILES string of the molecule is CC(=O)O[C@@H]1[C@H](O[C@H]2[C@H](OCc3ccccc3)[C@@H](N3C(=O)c4ccccc4C3=O)[C@H](O[C@H]3[C@H](OCc4ccccc4)[C@@H](N4C(=O)c5ccccc5C4=O)[C@H](N=[N+]=[N-])O[C@@H]3COCc3ccccc3)O[C@@H]2COCc2ccccc2)O[C@@H]2CO[C@@H](c3ccccc3)O[C@H]2[C@@H]1O. The van der Waals surface area contributed by atoms with Gasteiger partial charge in [0.2, 0.25) is 0 Å². The molecule has 7 aromatic carbocycles. The van der Waals surface area contributed by atoms with Crippen molar-refractivity contribution >= 4 is 29.6 Å². The fourth-order valence-electron chi connectivity index (χ4n) is 12.9. The van der Waals surface area contributed by atoms with Crippen molar-refractivity contribution in [1.82, 2.24) is 9.80 Å². The van der Waals surface area contributed by atoms with E-state index < -0.39 is 128 Å². The quantitative estimate of drug-likeness (QED) is 0.0206. The summed E-state index contributed by atoms with van der Waals surface area (Å²) >= 11 is 0. The first-order chi connectivity index (χ1) is 46.0. The molecule has 0 spiro atoms. The third-order valence-electron chi connectivity index (χ3n) is 17.3. The van der Waals surface area contributed by atoms with Gasteiger partial charge in [-0.1, -0.05) is 181 Å². The molecular formula is C71H67N5O18. The Morgan fingerprint density at radius 1 is 0.511 bits per heavy atom. The molecule has 0 bridgehead atoms. The van der Waals surface area contributed by atoms with Crippen molar-refractivity contribution in [3.63, 3.8) is 0 Å². The Labute approximate surface area is 540 Å². The number of hydrogen-bond donors (Lipinski definition) is 1. The largest absolute Gasteiger partial charge is 0.454 e. The van der Waals surface area contributed by atoms with Gasteiger partial charge in [0.05, 0.1) is 68.5 Å². The Morgan fingerprint density at radius 3 is 1.39 bits per heavy atom. The summed E-state index contributed by atoms with van der Waals surface area (Å²) < 4.78 is 81.2. The number of carbonyl (C=O) groups is 5. The number of nitrogens with zero attached hydrogens (tertiary/aromatic N) is 5. The summed E-state index contributed by atoms with van der Waals surface area (Å²) in [4.78, 5) is 79.1. The molecular weight excluding hydrogens is 1210 g/mol. The second-order valence-corrected chi connectivity index (χ2v) is 23.4. The van der Waals surface area contributed by atoms with Crippen LogP contribution in [0.5, 0.6) is 0 Å². The first kappa shape index (κ1) is 63.9. The fourth-order valence-corrected chi connectivity index (χ4v) is 12.9. The molecule has 0 aliphatic carbocycles. The standard InChI is InChI=1S/C71H67N5O18/c1-42(77)88-63-57(78)58-54(41-87-69(92-58)47-29-15-6-16-30-47)91-71(63)94-60-53(40-84-36-44-23-9-3-10-24-44)90-70(56(62(60)86-38-46-27-13-5-14-28-46)76-67(81)50-33-19-20-34-51(50)68(76)82)93-59-52(39-83-35-43-21-7-2-8-22-43)89-64(73-74-72)55(61(59)85-37-45-25-11-4-12-26-45)75-65(79)48-31-17-18-32-49(48)66(75)80/h2-34,52-64,69-71,78H,35-41H2,1H3/t52-,53-,54-,55-,56-,57+,58-,59-,60-,61-,62-,63+,64-,69-,70+,71+/m1/s1. The molecule has 1 N–H and O–H groups in total. The first-order valence-electron chi connectivity index (χ1n) is 31.0. The highest BCUT2D eigenvalue weighted by Gasteiger charge is 2.62. The molecule has 0 saturated carbocycles. The van der Waals surface area contributed by atoms with E-state index in [1.165, 1.54) is 31.2 Å². The molecule has 6 aliphatic heterocycles. The lowest BCUT2D eigenvalue weighted by molar-refractivity contribution is -0.388. The number of ether oxygens (including phenoxy) is 12. The smallest absolute Gasteiger partial charge is 0.303 e. The molecule has 4 saturated heterocycles. The van der Waals surface area contributed by atoms with Gasteiger partial charge >= 0.3 is 5.97 Å². The number of rotatable bonds is 23. The van der Waals surface area contributed by atoms with Crippen LogP contribution in [0.3, 0.4) is 0 Å². The first-order valence-corrected chi connectivity index (χ1v) is 31.0. The second kappa shape index (κ2) is 29.2. The Morgan fingerprint density at radius 2 is 0.926 bits per heavy atom. The Bertz CT molecular complexity index is 3770. The van der Waals surface area contributed by atoms with Gasteiger partial charge in [-0.15, -0.1) is 0 Å². The lowest BCUT2D eigenvalue weighted by Gasteiger charge is -2.53. The van der Waals surface area contributed by atoms with Gasteiger partial charge in [0.1, 0.15) is 67.0 Å². The number of azide groups is 1. The van der Waals surface area contributed by atoms with Crippen LogP contribution in [0.1, 0.15) is 82.5 Å². The summed E-state index contributed by atoms with van der Waals surface area (Å²) in [6, 6.07) is 55.1. The Kier molecular flexibility index (Phi) is 19.8. The molecule has 4 fully saturated rings. The van der Waals surface area contributed by atoms with E-state index in [0.29, 0.717) is 16.7 Å². The van der Waals surface area contributed by atoms with Crippen molar-refractivity contribution in [1.29, 1.82) is 0 Å². The van der Waals surface area contributed by atoms with E-state index >= 15 is 9.59 Å². The number of fused-ring (bicyclic) bond motifs is 3. The molecule has 4 amide bonds. The van der Waals surface area contributed by atoms with Crippen molar-refractivity contribution in [2.24, 2.45) is 5.11 Å². The maximum absolute atomic E-state index is 15.5. The predicted molar refractivity (Wildman–Crippen MR) is 330 cm³/mol. The number of esters is 1. The van der Waals surface area contributed by atoms with Crippen LogP contribution in [0.15, 0.2) is 205 Å². The minimum absolute atomic E-state index is 0.0293. The van der Waals surface area contributed by atoms with Gasteiger partial charge in [0, 0.05) is 17.4 Å². The molecule has 7 aromatic rings. The number of hydrogen-bond acceptors (Lipinski definition) is 19. The van der Waals surface area contributed by atoms with Crippen LogP contribution in [0.25, 0.3) is 10.4 Å². The van der Waals surface area contributed by atoms with E-state index in [4.69, 9.17) is 56.8 Å². The molecule has 94 heavy (non-hydrogen) atoms. The highest BCUT2D eigenvalue weighted by atomic mass is 16.8. The molecule has 6 heterocycles. The molecule has 23 nitrogen and oxygen atoms in total. The highest BCUT2D eigenvalue weighted by Crippen LogP contribution is 2.43. The van der Waals surface area contributed by atoms with E-state index in [-0.39, 0.29) is 68.5 Å². The number of carbonyl (C=O) groups excluding carboxylic acids is 5. The molecule has 6 aliphatic rings. The van der Waals surface area contributed by atoms with Crippen molar-refractivity contribution in [3.05, 3.63) is 261 Å². The van der Waals surface area contributed by atoms with Crippen LogP contribution >= 0.6 is 0 Å².